The van der Waals surface area contributed by atoms with E-state index in [2.05, 4.69) is 27.6 Å². The number of nitrogens with one attached hydrogen (secondary N) is 1. The molecule has 0 atom stereocenters. The Balaban J connectivity index is 1.72. The lowest BCUT2D eigenvalue weighted by Gasteiger charge is -2.13. The van der Waals surface area contributed by atoms with Gasteiger partial charge in [-0.15, -0.1) is 10.2 Å². The van der Waals surface area contributed by atoms with Crippen molar-refractivity contribution in [2.45, 2.75) is 25.9 Å². The van der Waals surface area contributed by atoms with Crippen molar-refractivity contribution in [3.8, 4) is 11.4 Å². The van der Waals surface area contributed by atoms with Crippen molar-refractivity contribution in [2.75, 3.05) is 18.2 Å². The molecule has 0 radical (unpaired) electrons. The molecule has 140 valence electrons. The number of anilines is 1. The van der Waals surface area contributed by atoms with Crippen LogP contribution in [0.1, 0.15) is 16.7 Å². The van der Waals surface area contributed by atoms with Gasteiger partial charge in [0.25, 0.3) is 0 Å². The highest BCUT2D eigenvalue weighted by molar-refractivity contribution is 7.99. The molecule has 3 aromatic rings. The SMILES string of the molecule is COc1ccccc1-n1cnnc1SCC(=O)Nc1c(C)cc(C)cc1C. The molecule has 6 nitrogen and oxygen atoms in total. The number of ether oxygens (including phenoxy) is 1. The normalized spacial score (nSPS) is 10.7. The average molecular weight is 382 g/mol. The van der Waals surface area contributed by atoms with E-state index >= 15 is 0 Å². The van der Waals surface area contributed by atoms with Crippen molar-refractivity contribution in [3.63, 3.8) is 0 Å². The predicted octanol–water partition coefficient (Wildman–Crippen LogP) is 3.93. The zero-order valence-electron chi connectivity index (χ0n) is 15.8. The quantitative estimate of drug-likeness (QED) is 0.654. The van der Waals surface area contributed by atoms with Crippen LogP contribution < -0.4 is 10.1 Å². The Bertz CT molecular complexity index is 945. The smallest absolute Gasteiger partial charge is 0.234 e. The number of amides is 1. The first-order valence-corrected chi connectivity index (χ1v) is 9.52. The summed E-state index contributed by atoms with van der Waals surface area (Å²) < 4.78 is 7.22. The monoisotopic (exact) mass is 382 g/mol. The summed E-state index contributed by atoms with van der Waals surface area (Å²) in [6, 6.07) is 11.7. The Kier molecular flexibility index (Phi) is 5.81. The molecule has 1 heterocycles. The molecule has 2 aromatic carbocycles. The fraction of sp³-hybridized carbons (Fsp3) is 0.250. The van der Waals surface area contributed by atoms with E-state index in [4.69, 9.17) is 4.74 Å². The summed E-state index contributed by atoms with van der Waals surface area (Å²) in [7, 11) is 1.62. The van der Waals surface area contributed by atoms with Gasteiger partial charge in [-0.1, -0.05) is 41.6 Å². The summed E-state index contributed by atoms with van der Waals surface area (Å²) in [5.41, 5.74) is 5.00. The van der Waals surface area contributed by atoms with Gasteiger partial charge in [-0.05, 0) is 44.0 Å². The van der Waals surface area contributed by atoms with Crippen LogP contribution in [0.4, 0.5) is 5.69 Å². The lowest BCUT2D eigenvalue weighted by molar-refractivity contribution is -0.113. The van der Waals surface area contributed by atoms with Crippen molar-refractivity contribution in [1.82, 2.24) is 14.8 Å². The number of hydrogen-bond donors (Lipinski definition) is 1. The summed E-state index contributed by atoms with van der Waals surface area (Å²) in [5.74, 6) is 0.875. The van der Waals surface area contributed by atoms with Crippen molar-refractivity contribution >= 4 is 23.4 Å². The van der Waals surface area contributed by atoms with E-state index in [9.17, 15) is 4.79 Å². The first kappa shape index (κ1) is 19.0. The summed E-state index contributed by atoms with van der Waals surface area (Å²) in [6.07, 6.45) is 1.62. The van der Waals surface area contributed by atoms with Gasteiger partial charge in [-0.2, -0.15) is 0 Å². The fourth-order valence-corrected chi connectivity index (χ4v) is 3.72. The molecular formula is C20H22N4O2S. The molecule has 1 N–H and O–H groups in total. The van der Waals surface area contributed by atoms with Gasteiger partial charge >= 0.3 is 0 Å². The minimum atomic E-state index is -0.0790. The summed E-state index contributed by atoms with van der Waals surface area (Å²) in [6.45, 7) is 6.05. The van der Waals surface area contributed by atoms with Crippen LogP contribution in [0.3, 0.4) is 0 Å². The van der Waals surface area contributed by atoms with Gasteiger partial charge in [0.15, 0.2) is 5.16 Å². The molecule has 7 heteroatoms. The molecule has 0 aliphatic carbocycles. The molecule has 0 saturated carbocycles. The van der Waals surface area contributed by atoms with E-state index in [1.807, 2.05) is 49.6 Å². The van der Waals surface area contributed by atoms with E-state index in [0.717, 1.165) is 28.3 Å². The molecule has 27 heavy (non-hydrogen) atoms. The largest absolute Gasteiger partial charge is 0.495 e. The Morgan fingerprint density at radius 2 is 1.89 bits per heavy atom. The van der Waals surface area contributed by atoms with Crippen molar-refractivity contribution in [3.05, 3.63) is 59.4 Å². The van der Waals surface area contributed by atoms with Gasteiger partial charge in [0.1, 0.15) is 12.1 Å². The van der Waals surface area contributed by atoms with Crippen LogP contribution in [0.5, 0.6) is 5.75 Å². The number of thioether (sulfide) groups is 1. The zero-order valence-corrected chi connectivity index (χ0v) is 16.6. The maximum absolute atomic E-state index is 12.5. The van der Waals surface area contributed by atoms with Crippen molar-refractivity contribution < 1.29 is 9.53 Å². The minimum Gasteiger partial charge on any atom is -0.495 e. The topological polar surface area (TPSA) is 69.0 Å². The number of para-hydroxylation sites is 2. The van der Waals surface area contributed by atoms with Crippen LogP contribution in [0.15, 0.2) is 47.9 Å². The van der Waals surface area contributed by atoms with Crippen molar-refractivity contribution in [2.24, 2.45) is 0 Å². The van der Waals surface area contributed by atoms with Crippen LogP contribution in [0.2, 0.25) is 0 Å². The van der Waals surface area contributed by atoms with E-state index in [1.165, 1.54) is 17.3 Å². The van der Waals surface area contributed by atoms with Crippen LogP contribution in [-0.2, 0) is 4.79 Å². The number of carbonyl (C=O) groups is 1. The number of methoxy groups -OCH3 is 1. The molecule has 0 bridgehead atoms. The Morgan fingerprint density at radius 3 is 2.59 bits per heavy atom. The summed E-state index contributed by atoms with van der Waals surface area (Å²) in [5, 5.41) is 11.8. The maximum atomic E-state index is 12.5. The first-order chi connectivity index (χ1) is 13.0. The minimum absolute atomic E-state index is 0.0790. The lowest BCUT2D eigenvalue weighted by atomic mass is 10.1. The molecule has 0 saturated heterocycles. The van der Waals surface area contributed by atoms with E-state index in [1.54, 1.807) is 13.4 Å². The molecule has 0 fully saturated rings. The molecule has 0 aliphatic rings. The fourth-order valence-electron chi connectivity index (χ4n) is 3.00. The van der Waals surface area contributed by atoms with Gasteiger partial charge in [0.2, 0.25) is 5.91 Å². The number of carbonyl (C=O) groups excluding carboxylic acids is 1. The van der Waals surface area contributed by atoms with Gasteiger partial charge in [-0.3, -0.25) is 9.36 Å². The summed E-state index contributed by atoms with van der Waals surface area (Å²) in [4.78, 5) is 12.5. The third kappa shape index (κ3) is 4.31. The Hall–Kier alpha value is -2.80. The van der Waals surface area contributed by atoms with Crippen LogP contribution in [0.25, 0.3) is 5.69 Å². The molecule has 1 aromatic heterocycles. The van der Waals surface area contributed by atoms with Gasteiger partial charge in [-0.25, -0.2) is 0 Å². The second kappa shape index (κ2) is 8.26. The molecule has 0 unspecified atom stereocenters. The van der Waals surface area contributed by atoms with Gasteiger partial charge < -0.3 is 10.1 Å². The average Bonchev–Trinajstić information content (AvgIpc) is 3.11. The van der Waals surface area contributed by atoms with Gasteiger partial charge in [0, 0.05) is 5.69 Å². The molecular weight excluding hydrogens is 360 g/mol. The second-order valence-electron chi connectivity index (χ2n) is 6.27. The molecule has 0 aliphatic heterocycles. The number of aryl methyl sites for hydroxylation is 3. The number of nitrogens with zero attached hydrogens (tertiary/aromatic N) is 3. The Labute approximate surface area is 163 Å². The van der Waals surface area contributed by atoms with E-state index in [0.29, 0.717) is 5.16 Å². The number of hydrogen-bond acceptors (Lipinski definition) is 5. The molecule has 0 spiro atoms. The van der Waals surface area contributed by atoms with Crippen LogP contribution in [-0.4, -0.2) is 33.5 Å². The highest BCUT2D eigenvalue weighted by Crippen LogP contribution is 2.27. The lowest BCUT2D eigenvalue weighted by Crippen LogP contribution is -2.16. The number of rotatable bonds is 6. The number of aromatic nitrogens is 3. The highest BCUT2D eigenvalue weighted by Gasteiger charge is 2.14. The summed E-state index contributed by atoms with van der Waals surface area (Å²) >= 11 is 1.33. The second-order valence-corrected chi connectivity index (χ2v) is 7.21. The van der Waals surface area contributed by atoms with Crippen LogP contribution in [0, 0.1) is 20.8 Å². The molecule has 3 rings (SSSR count). The number of benzene rings is 2. The third-order valence-electron chi connectivity index (χ3n) is 4.13. The Morgan fingerprint density at radius 1 is 1.19 bits per heavy atom. The molecule has 1 amide bonds. The standard InChI is InChI=1S/C20H22N4O2S/c1-13-9-14(2)19(15(3)10-13)22-18(25)11-27-20-23-21-12-24(20)16-7-5-6-8-17(16)26-4/h5-10,12H,11H2,1-4H3,(H,22,25). The zero-order chi connectivity index (χ0) is 19.4. The third-order valence-corrected chi connectivity index (χ3v) is 5.08. The van der Waals surface area contributed by atoms with E-state index < -0.39 is 0 Å². The maximum Gasteiger partial charge on any atom is 0.234 e. The van der Waals surface area contributed by atoms with Crippen molar-refractivity contribution in [1.29, 1.82) is 0 Å². The first-order valence-electron chi connectivity index (χ1n) is 8.53. The predicted molar refractivity (Wildman–Crippen MR) is 108 cm³/mol. The van der Waals surface area contributed by atoms with Crippen LogP contribution >= 0.6 is 11.8 Å². The highest BCUT2D eigenvalue weighted by atomic mass is 32.2. The van der Waals surface area contributed by atoms with Gasteiger partial charge in [0.05, 0.1) is 18.6 Å². The van der Waals surface area contributed by atoms with E-state index in [-0.39, 0.29) is 11.7 Å².